The molecule has 3 aromatic rings. The smallest absolute Gasteiger partial charge is 0.407 e. The van der Waals surface area contributed by atoms with Crippen LogP contribution in [0.25, 0.3) is 17.2 Å². The van der Waals surface area contributed by atoms with Gasteiger partial charge >= 0.3 is 6.09 Å². The Morgan fingerprint density at radius 2 is 1.55 bits per heavy atom. The molecule has 3 aromatic carbocycles. The van der Waals surface area contributed by atoms with Gasteiger partial charge in [-0.2, -0.15) is 0 Å². The molecule has 1 amide bonds. The first-order valence-electron chi connectivity index (χ1n) is 11.0. The van der Waals surface area contributed by atoms with Gasteiger partial charge in [-0.05, 0) is 45.7 Å². The molecule has 1 aliphatic rings. The molecule has 0 atom stereocenters. The van der Waals surface area contributed by atoms with Gasteiger partial charge in [-0.1, -0.05) is 98.8 Å². The van der Waals surface area contributed by atoms with Crippen molar-refractivity contribution in [3.05, 3.63) is 101 Å². The predicted molar refractivity (Wildman–Crippen MR) is 127 cm³/mol. The fraction of sp³-hybridized carbons (Fsp3) is 0.250. The maximum atomic E-state index is 12.2. The van der Waals surface area contributed by atoms with Crippen molar-refractivity contribution in [2.75, 3.05) is 13.2 Å². The number of hydrogen-bond donors (Lipinski definition) is 1. The first-order valence-corrected chi connectivity index (χ1v) is 11.0. The molecule has 1 N–H and O–H groups in total. The molecule has 0 saturated heterocycles. The summed E-state index contributed by atoms with van der Waals surface area (Å²) in [5.41, 5.74) is 7.49. The van der Waals surface area contributed by atoms with Crippen molar-refractivity contribution >= 4 is 12.2 Å². The molecule has 3 heteroatoms. The van der Waals surface area contributed by atoms with E-state index in [-0.39, 0.29) is 12.0 Å². The maximum Gasteiger partial charge on any atom is 0.407 e. The summed E-state index contributed by atoms with van der Waals surface area (Å²) in [5, 5.41) is 2.87. The summed E-state index contributed by atoms with van der Waals surface area (Å²) in [6.07, 6.45) is 4.63. The van der Waals surface area contributed by atoms with Crippen molar-refractivity contribution in [1.29, 1.82) is 0 Å². The fourth-order valence-corrected chi connectivity index (χ4v) is 4.31. The molecule has 0 aliphatic heterocycles. The van der Waals surface area contributed by atoms with Gasteiger partial charge in [0, 0.05) is 12.5 Å². The summed E-state index contributed by atoms with van der Waals surface area (Å²) in [4.78, 5) is 12.2. The largest absolute Gasteiger partial charge is 0.449 e. The van der Waals surface area contributed by atoms with Gasteiger partial charge in [-0.25, -0.2) is 4.79 Å². The van der Waals surface area contributed by atoms with E-state index in [0.717, 1.165) is 6.42 Å². The molecule has 158 valence electrons. The van der Waals surface area contributed by atoms with Crippen molar-refractivity contribution in [3.8, 4) is 11.1 Å². The van der Waals surface area contributed by atoms with Gasteiger partial charge in [-0.3, -0.25) is 0 Å². The van der Waals surface area contributed by atoms with Crippen LogP contribution in [0.3, 0.4) is 0 Å². The van der Waals surface area contributed by atoms with E-state index in [2.05, 4.69) is 92.0 Å². The van der Waals surface area contributed by atoms with Crippen LogP contribution >= 0.6 is 0 Å². The standard InChI is InChI=1S/C28H29NO2/c1-20(2)22-13-4-3-11-21(22)12-9-10-18-29-28(30)31-19-27-25-16-7-5-14-23(25)24-15-6-8-17-26(24)27/h3-9,11-17,20,27H,10,18-19H2,1-2H3,(H,29,30). The molecule has 0 spiro atoms. The molecular weight excluding hydrogens is 382 g/mol. The summed E-state index contributed by atoms with van der Waals surface area (Å²) in [5.74, 6) is 0.574. The van der Waals surface area contributed by atoms with Crippen LogP contribution in [0.2, 0.25) is 0 Å². The van der Waals surface area contributed by atoms with E-state index in [4.69, 9.17) is 4.74 Å². The third-order valence-electron chi connectivity index (χ3n) is 5.84. The third-order valence-corrected chi connectivity index (χ3v) is 5.84. The van der Waals surface area contributed by atoms with E-state index in [1.165, 1.54) is 33.4 Å². The highest BCUT2D eigenvalue weighted by atomic mass is 16.5. The molecule has 31 heavy (non-hydrogen) atoms. The average Bonchev–Trinajstić information content (AvgIpc) is 3.11. The summed E-state index contributed by atoms with van der Waals surface area (Å²) in [6.45, 7) is 5.30. The van der Waals surface area contributed by atoms with Crippen LogP contribution in [0.1, 0.15) is 54.4 Å². The van der Waals surface area contributed by atoms with Crippen LogP contribution in [0.5, 0.6) is 0 Å². The summed E-state index contributed by atoms with van der Waals surface area (Å²) < 4.78 is 5.58. The van der Waals surface area contributed by atoms with Gasteiger partial charge in [0.2, 0.25) is 0 Å². The van der Waals surface area contributed by atoms with Crippen molar-refractivity contribution < 1.29 is 9.53 Å². The van der Waals surface area contributed by atoms with Crippen LogP contribution in [0.15, 0.2) is 78.9 Å². The molecule has 0 radical (unpaired) electrons. The molecule has 3 nitrogen and oxygen atoms in total. The number of rotatable bonds is 7. The summed E-state index contributed by atoms with van der Waals surface area (Å²) >= 11 is 0. The fourth-order valence-electron chi connectivity index (χ4n) is 4.31. The van der Waals surface area contributed by atoms with Crippen LogP contribution in [0, 0.1) is 0 Å². The number of nitrogens with one attached hydrogen (secondary N) is 1. The second kappa shape index (κ2) is 9.65. The molecule has 0 bridgehead atoms. The highest BCUT2D eigenvalue weighted by Crippen LogP contribution is 2.44. The van der Waals surface area contributed by atoms with Gasteiger partial charge in [0.05, 0.1) is 0 Å². The van der Waals surface area contributed by atoms with Gasteiger partial charge in [0.25, 0.3) is 0 Å². The lowest BCUT2D eigenvalue weighted by molar-refractivity contribution is 0.143. The first-order chi connectivity index (χ1) is 15.1. The zero-order chi connectivity index (χ0) is 21.6. The van der Waals surface area contributed by atoms with Crippen molar-refractivity contribution in [1.82, 2.24) is 5.32 Å². The topological polar surface area (TPSA) is 38.3 Å². The van der Waals surface area contributed by atoms with Crippen LogP contribution < -0.4 is 5.32 Å². The van der Waals surface area contributed by atoms with Gasteiger partial charge in [0.1, 0.15) is 6.61 Å². The number of carbonyl (C=O) groups excluding carboxylic acids is 1. The zero-order valence-corrected chi connectivity index (χ0v) is 18.2. The van der Waals surface area contributed by atoms with E-state index in [9.17, 15) is 4.79 Å². The third kappa shape index (κ3) is 4.72. The van der Waals surface area contributed by atoms with Crippen molar-refractivity contribution in [3.63, 3.8) is 0 Å². The lowest BCUT2D eigenvalue weighted by Gasteiger charge is -2.14. The Kier molecular flexibility index (Phi) is 6.51. The highest BCUT2D eigenvalue weighted by Gasteiger charge is 2.28. The quantitative estimate of drug-likeness (QED) is 0.437. The maximum absolute atomic E-state index is 12.2. The second-order valence-electron chi connectivity index (χ2n) is 8.23. The Morgan fingerprint density at radius 1 is 0.935 bits per heavy atom. The summed E-state index contributed by atoms with van der Waals surface area (Å²) in [7, 11) is 0. The molecule has 0 heterocycles. The van der Waals surface area contributed by atoms with Gasteiger partial charge in [-0.15, -0.1) is 0 Å². The monoisotopic (exact) mass is 411 g/mol. The Hall–Kier alpha value is -3.33. The van der Waals surface area contributed by atoms with E-state index in [0.29, 0.717) is 19.1 Å². The first kappa shape index (κ1) is 20.9. The number of hydrogen-bond acceptors (Lipinski definition) is 2. The molecule has 0 unspecified atom stereocenters. The lowest BCUT2D eigenvalue weighted by atomic mass is 9.97. The molecule has 0 fully saturated rings. The van der Waals surface area contributed by atoms with Crippen LogP contribution in [-0.2, 0) is 4.74 Å². The Morgan fingerprint density at radius 3 is 2.23 bits per heavy atom. The minimum Gasteiger partial charge on any atom is -0.449 e. The SMILES string of the molecule is CC(C)c1ccccc1C=CCCNC(=O)OCC1c2ccccc2-c2ccccc21. The number of benzene rings is 3. The van der Waals surface area contributed by atoms with Gasteiger partial charge in [0.15, 0.2) is 0 Å². The molecule has 4 rings (SSSR count). The molecular formula is C28H29NO2. The Bertz CT molecular complexity index is 1040. The minimum absolute atomic E-state index is 0.0885. The lowest BCUT2D eigenvalue weighted by Crippen LogP contribution is -2.26. The molecule has 0 saturated carbocycles. The van der Waals surface area contributed by atoms with E-state index in [1.807, 2.05) is 12.1 Å². The van der Waals surface area contributed by atoms with Crippen LogP contribution in [0.4, 0.5) is 4.79 Å². The normalized spacial score (nSPS) is 12.7. The number of carbonyl (C=O) groups is 1. The number of ether oxygens (including phenoxy) is 1. The van der Waals surface area contributed by atoms with E-state index >= 15 is 0 Å². The van der Waals surface area contributed by atoms with E-state index < -0.39 is 0 Å². The molecule has 0 aromatic heterocycles. The molecule has 1 aliphatic carbocycles. The average molecular weight is 412 g/mol. The van der Waals surface area contributed by atoms with E-state index in [1.54, 1.807) is 0 Å². The van der Waals surface area contributed by atoms with Crippen molar-refractivity contribution in [2.24, 2.45) is 0 Å². The summed E-state index contributed by atoms with van der Waals surface area (Å²) in [6, 6.07) is 25.1. The van der Waals surface area contributed by atoms with Gasteiger partial charge < -0.3 is 10.1 Å². The van der Waals surface area contributed by atoms with Crippen LogP contribution in [-0.4, -0.2) is 19.2 Å². The Labute approximate surface area is 184 Å². The minimum atomic E-state index is -0.363. The number of alkyl carbamates (subject to hydrolysis) is 1. The van der Waals surface area contributed by atoms with Crippen molar-refractivity contribution in [2.45, 2.75) is 32.1 Å². The number of fused-ring (bicyclic) bond motifs is 3. The zero-order valence-electron chi connectivity index (χ0n) is 18.2. The predicted octanol–water partition coefficient (Wildman–Crippen LogP) is 6.75. The number of amides is 1. The Balaban J connectivity index is 1.28. The highest BCUT2D eigenvalue weighted by molar-refractivity contribution is 5.79. The second-order valence-corrected chi connectivity index (χ2v) is 8.23.